The highest BCUT2D eigenvalue weighted by Gasteiger charge is 2.23. The first-order valence-electron chi connectivity index (χ1n) is 5.03. The summed E-state index contributed by atoms with van der Waals surface area (Å²) in [5.41, 5.74) is 3.24. The third-order valence-electron chi connectivity index (χ3n) is 2.25. The monoisotopic (exact) mass is 191 g/mol. The van der Waals surface area contributed by atoms with Gasteiger partial charge < -0.3 is 4.90 Å². The molecule has 0 aromatic heterocycles. The Morgan fingerprint density at radius 3 is 2.57 bits per heavy atom. The number of hydrogen-bond acceptors (Lipinski definition) is 1. The van der Waals surface area contributed by atoms with E-state index in [1.54, 1.807) is 4.90 Å². The maximum atomic E-state index is 11.4. The average Bonchev–Trinajstić information content (AvgIpc) is 2.45. The number of carbonyl (C=O) groups is 1. The number of amides is 1. The van der Waals surface area contributed by atoms with Crippen molar-refractivity contribution >= 4 is 5.91 Å². The predicted octanol–water partition coefficient (Wildman–Crippen LogP) is 2.61. The first-order valence-corrected chi connectivity index (χ1v) is 5.03. The van der Waals surface area contributed by atoms with Gasteiger partial charge in [0.2, 0.25) is 0 Å². The number of benzene rings is 1. The van der Waals surface area contributed by atoms with Gasteiger partial charge in [-0.25, -0.2) is 0 Å². The lowest BCUT2D eigenvalue weighted by Gasteiger charge is -2.04. The number of nitrogens with zero attached hydrogens (tertiary/aromatic N) is 1. The minimum absolute atomic E-state index is 0.144. The van der Waals surface area contributed by atoms with Gasteiger partial charge in [0.15, 0.2) is 0 Å². The molecule has 0 saturated heterocycles. The van der Waals surface area contributed by atoms with Crippen LogP contribution in [0.2, 0.25) is 0 Å². The summed E-state index contributed by atoms with van der Waals surface area (Å²) in [4.78, 5) is 13.2. The molecular weight excluding hydrogens is 174 g/mol. The summed E-state index contributed by atoms with van der Waals surface area (Å²) in [5, 5.41) is 0. The zero-order chi connectivity index (χ0) is 10.7. The largest absolute Gasteiger partial charge is 0.337 e. The third-order valence-corrected chi connectivity index (χ3v) is 2.25. The SMILES string of the molecule is CC.Cc1ccc2c(c1)CN(C)C2=O. The number of rotatable bonds is 0. The van der Waals surface area contributed by atoms with Gasteiger partial charge >= 0.3 is 0 Å². The molecule has 76 valence electrons. The molecule has 1 amide bonds. The smallest absolute Gasteiger partial charge is 0.254 e. The summed E-state index contributed by atoms with van der Waals surface area (Å²) in [7, 11) is 1.83. The van der Waals surface area contributed by atoms with E-state index >= 15 is 0 Å². The summed E-state index contributed by atoms with van der Waals surface area (Å²) in [6, 6.07) is 5.98. The minimum Gasteiger partial charge on any atom is -0.337 e. The van der Waals surface area contributed by atoms with Crippen LogP contribution in [0.1, 0.15) is 35.3 Å². The van der Waals surface area contributed by atoms with E-state index in [9.17, 15) is 4.79 Å². The summed E-state index contributed by atoms with van der Waals surface area (Å²) in [5.74, 6) is 0.144. The topological polar surface area (TPSA) is 20.3 Å². The second-order valence-corrected chi connectivity index (χ2v) is 3.32. The van der Waals surface area contributed by atoms with Crippen LogP contribution in [-0.2, 0) is 6.54 Å². The van der Waals surface area contributed by atoms with Crippen molar-refractivity contribution in [2.45, 2.75) is 27.3 Å². The lowest BCUT2D eigenvalue weighted by atomic mass is 10.1. The number of hydrogen-bond donors (Lipinski definition) is 0. The maximum absolute atomic E-state index is 11.4. The van der Waals surface area contributed by atoms with Gasteiger partial charge in [-0.15, -0.1) is 0 Å². The number of carbonyl (C=O) groups excluding carboxylic acids is 1. The molecule has 1 aromatic carbocycles. The van der Waals surface area contributed by atoms with Crippen molar-refractivity contribution in [3.63, 3.8) is 0 Å². The van der Waals surface area contributed by atoms with E-state index in [0.717, 1.165) is 17.7 Å². The fourth-order valence-corrected chi connectivity index (χ4v) is 1.59. The number of fused-ring (bicyclic) bond motifs is 1. The highest BCUT2D eigenvalue weighted by atomic mass is 16.2. The lowest BCUT2D eigenvalue weighted by molar-refractivity contribution is 0.0816. The van der Waals surface area contributed by atoms with E-state index in [4.69, 9.17) is 0 Å². The Morgan fingerprint density at radius 1 is 1.29 bits per heavy atom. The molecule has 14 heavy (non-hydrogen) atoms. The molecule has 2 rings (SSSR count). The van der Waals surface area contributed by atoms with Crippen LogP contribution in [0.15, 0.2) is 18.2 Å². The molecular formula is C12H17NO. The van der Waals surface area contributed by atoms with Gasteiger partial charge in [0.05, 0.1) is 0 Å². The molecule has 0 saturated carbocycles. The standard InChI is InChI=1S/C10H11NO.C2H6/c1-7-3-4-9-8(5-7)6-11(2)10(9)12;1-2/h3-5H,6H2,1-2H3;1-2H3. The Morgan fingerprint density at radius 2 is 1.93 bits per heavy atom. The van der Waals surface area contributed by atoms with E-state index in [1.165, 1.54) is 5.56 Å². The van der Waals surface area contributed by atoms with Crippen molar-refractivity contribution in [1.29, 1.82) is 0 Å². The van der Waals surface area contributed by atoms with Gasteiger partial charge in [0, 0.05) is 19.2 Å². The molecule has 1 aliphatic heterocycles. The Labute approximate surface area is 85.5 Å². The van der Waals surface area contributed by atoms with Crippen LogP contribution >= 0.6 is 0 Å². The zero-order valence-electron chi connectivity index (χ0n) is 9.29. The van der Waals surface area contributed by atoms with E-state index in [-0.39, 0.29) is 5.91 Å². The van der Waals surface area contributed by atoms with Crippen LogP contribution in [0, 0.1) is 6.92 Å². The van der Waals surface area contributed by atoms with Crippen molar-refractivity contribution in [2.24, 2.45) is 0 Å². The van der Waals surface area contributed by atoms with Crippen LogP contribution in [0.25, 0.3) is 0 Å². The van der Waals surface area contributed by atoms with Crippen molar-refractivity contribution in [3.05, 3.63) is 34.9 Å². The molecule has 1 aromatic rings. The van der Waals surface area contributed by atoms with E-state index in [2.05, 4.69) is 6.07 Å². The van der Waals surface area contributed by atoms with E-state index in [0.29, 0.717) is 0 Å². The Kier molecular flexibility index (Phi) is 3.28. The summed E-state index contributed by atoms with van der Waals surface area (Å²) in [6.45, 7) is 6.80. The summed E-state index contributed by atoms with van der Waals surface area (Å²) >= 11 is 0. The van der Waals surface area contributed by atoms with Crippen LogP contribution < -0.4 is 0 Å². The summed E-state index contributed by atoms with van der Waals surface area (Å²) < 4.78 is 0. The van der Waals surface area contributed by atoms with Gasteiger partial charge in [0.25, 0.3) is 5.91 Å². The van der Waals surface area contributed by atoms with E-state index < -0.39 is 0 Å². The molecule has 0 radical (unpaired) electrons. The van der Waals surface area contributed by atoms with Crippen LogP contribution in [0.3, 0.4) is 0 Å². The first kappa shape index (κ1) is 10.8. The highest BCUT2D eigenvalue weighted by molar-refractivity contribution is 5.98. The Bertz CT molecular complexity index is 344. The molecule has 2 heteroatoms. The van der Waals surface area contributed by atoms with Gasteiger partial charge in [-0.05, 0) is 18.6 Å². The second kappa shape index (κ2) is 4.27. The van der Waals surface area contributed by atoms with Gasteiger partial charge in [-0.3, -0.25) is 4.79 Å². The molecule has 1 heterocycles. The Hall–Kier alpha value is -1.31. The molecule has 0 unspecified atom stereocenters. The molecule has 0 N–H and O–H groups in total. The second-order valence-electron chi connectivity index (χ2n) is 3.32. The van der Waals surface area contributed by atoms with Crippen molar-refractivity contribution < 1.29 is 4.79 Å². The fraction of sp³-hybridized carbons (Fsp3) is 0.417. The molecule has 0 spiro atoms. The van der Waals surface area contributed by atoms with Gasteiger partial charge in [-0.1, -0.05) is 31.5 Å². The van der Waals surface area contributed by atoms with Crippen LogP contribution in [0.5, 0.6) is 0 Å². The maximum Gasteiger partial charge on any atom is 0.254 e. The molecule has 0 fully saturated rings. The molecule has 1 aliphatic rings. The van der Waals surface area contributed by atoms with Crippen molar-refractivity contribution in [2.75, 3.05) is 7.05 Å². The van der Waals surface area contributed by atoms with Crippen molar-refractivity contribution in [1.82, 2.24) is 4.90 Å². The quantitative estimate of drug-likeness (QED) is 0.617. The number of aryl methyl sites for hydroxylation is 1. The average molecular weight is 191 g/mol. The minimum atomic E-state index is 0.144. The van der Waals surface area contributed by atoms with E-state index in [1.807, 2.05) is 40.0 Å². The molecule has 2 nitrogen and oxygen atoms in total. The van der Waals surface area contributed by atoms with Crippen LogP contribution in [0.4, 0.5) is 0 Å². The molecule has 0 bridgehead atoms. The normalized spacial score (nSPS) is 13.4. The van der Waals surface area contributed by atoms with Crippen molar-refractivity contribution in [3.8, 4) is 0 Å². The Balaban J connectivity index is 0.000000461. The fourth-order valence-electron chi connectivity index (χ4n) is 1.59. The third kappa shape index (κ3) is 1.79. The predicted molar refractivity (Wildman–Crippen MR) is 58.3 cm³/mol. The summed E-state index contributed by atoms with van der Waals surface area (Å²) in [6.07, 6.45) is 0. The first-order chi connectivity index (χ1) is 6.68. The molecule has 0 aliphatic carbocycles. The van der Waals surface area contributed by atoms with Gasteiger partial charge in [-0.2, -0.15) is 0 Å². The molecule has 0 atom stereocenters. The van der Waals surface area contributed by atoms with Crippen LogP contribution in [-0.4, -0.2) is 17.9 Å². The van der Waals surface area contributed by atoms with Gasteiger partial charge in [0.1, 0.15) is 0 Å². The lowest BCUT2D eigenvalue weighted by Crippen LogP contribution is -2.17. The zero-order valence-corrected chi connectivity index (χ0v) is 9.29. The highest BCUT2D eigenvalue weighted by Crippen LogP contribution is 2.21.